The molecule has 2 aliphatic rings. The van der Waals surface area contributed by atoms with E-state index in [1.807, 2.05) is 20.8 Å². The van der Waals surface area contributed by atoms with Crippen molar-refractivity contribution in [3.63, 3.8) is 0 Å². The molecule has 29 heavy (non-hydrogen) atoms. The van der Waals surface area contributed by atoms with Gasteiger partial charge in [0, 0.05) is 31.0 Å². The standard InChI is InChI=1S/C18H36N5O4P.CH4/c1-12(2)22-9-15(11-26-28(25,13(3)4)21(6)7)27-16(10-22)23-8-14(5)17(19)20-18(23)24;/h8,12-13,15-17H,9-11,19H2,1-7H3,(H,20,24);1H4/t15-,16+,17?,28?;/m0./s1. The average Bonchev–Trinajstić information content (AvgIpc) is 2.61. The molecule has 0 aromatic carbocycles. The van der Waals surface area contributed by atoms with Gasteiger partial charge in [-0.15, -0.1) is 0 Å². The molecule has 0 radical (unpaired) electrons. The SMILES string of the molecule is C.CC1=CN([C@H]2CN(C(C)C)C[C@@H](COP(=O)(C(C)C)N(C)C)O2)C(=O)NC1N. The van der Waals surface area contributed by atoms with Crippen molar-refractivity contribution in [1.29, 1.82) is 0 Å². The zero-order valence-electron chi connectivity index (χ0n) is 18.1. The van der Waals surface area contributed by atoms with Gasteiger partial charge in [-0.3, -0.25) is 14.4 Å². The Morgan fingerprint density at radius 2 is 1.97 bits per heavy atom. The molecule has 4 atom stereocenters. The van der Waals surface area contributed by atoms with Crippen LogP contribution in [0.3, 0.4) is 0 Å². The topological polar surface area (TPSA) is 100 Å². The van der Waals surface area contributed by atoms with Crippen molar-refractivity contribution in [1.82, 2.24) is 19.8 Å². The second-order valence-corrected chi connectivity index (χ2v) is 11.5. The van der Waals surface area contributed by atoms with E-state index in [9.17, 15) is 9.36 Å². The fourth-order valence-electron chi connectivity index (χ4n) is 3.32. The van der Waals surface area contributed by atoms with E-state index in [1.165, 1.54) is 0 Å². The van der Waals surface area contributed by atoms with E-state index >= 15 is 0 Å². The van der Waals surface area contributed by atoms with Gasteiger partial charge in [-0.05, 0) is 40.4 Å². The number of urea groups is 1. The predicted octanol–water partition coefficient (Wildman–Crippen LogP) is 2.45. The van der Waals surface area contributed by atoms with Crippen LogP contribution < -0.4 is 11.1 Å². The van der Waals surface area contributed by atoms with Crippen molar-refractivity contribution in [3.05, 3.63) is 11.8 Å². The van der Waals surface area contributed by atoms with E-state index in [4.69, 9.17) is 15.0 Å². The van der Waals surface area contributed by atoms with Gasteiger partial charge in [0.05, 0.1) is 12.7 Å². The first-order chi connectivity index (χ1) is 13.0. The summed E-state index contributed by atoms with van der Waals surface area (Å²) in [5.41, 5.74) is 6.62. The molecule has 2 heterocycles. The van der Waals surface area contributed by atoms with Crippen molar-refractivity contribution in [2.45, 2.75) is 72.2 Å². The summed E-state index contributed by atoms with van der Waals surface area (Å²) in [4.78, 5) is 16.2. The second kappa shape index (κ2) is 10.4. The maximum atomic E-state index is 13.1. The number of hydrogen-bond acceptors (Lipinski definition) is 6. The summed E-state index contributed by atoms with van der Waals surface area (Å²) in [5, 5.41) is 2.74. The van der Waals surface area contributed by atoms with Crippen LogP contribution in [0.5, 0.6) is 0 Å². The lowest BCUT2D eigenvalue weighted by Crippen LogP contribution is -2.61. The van der Waals surface area contributed by atoms with Crippen molar-refractivity contribution >= 4 is 13.6 Å². The monoisotopic (exact) mass is 433 g/mol. The molecule has 0 bridgehead atoms. The van der Waals surface area contributed by atoms with Crippen molar-refractivity contribution in [2.24, 2.45) is 5.73 Å². The third-order valence-corrected chi connectivity index (χ3v) is 8.16. The maximum Gasteiger partial charge on any atom is 0.325 e. The number of ether oxygens (including phenoxy) is 1. The van der Waals surface area contributed by atoms with E-state index in [1.54, 1.807) is 29.9 Å². The minimum atomic E-state index is -2.94. The highest BCUT2D eigenvalue weighted by Crippen LogP contribution is 2.53. The van der Waals surface area contributed by atoms with E-state index in [-0.39, 0.29) is 37.9 Å². The molecule has 9 nitrogen and oxygen atoms in total. The molecular formula is C19H40N5O4P. The zero-order chi connectivity index (χ0) is 21.2. The van der Waals surface area contributed by atoms with Gasteiger partial charge in [0.25, 0.3) is 7.52 Å². The van der Waals surface area contributed by atoms with Crippen LogP contribution in [0.25, 0.3) is 0 Å². The number of nitrogens with two attached hydrogens (primary N) is 1. The molecular weight excluding hydrogens is 393 g/mol. The molecule has 3 N–H and O–H groups in total. The maximum absolute atomic E-state index is 13.1. The number of rotatable bonds is 7. The van der Waals surface area contributed by atoms with Gasteiger partial charge in [-0.1, -0.05) is 21.3 Å². The van der Waals surface area contributed by atoms with Gasteiger partial charge < -0.3 is 20.3 Å². The summed E-state index contributed by atoms with van der Waals surface area (Å²) in [6.45, 7) is 11.3. The molecule has 10 heteroatoms. The highest BCUT2D eigenvalue weighted by atomic mass is 31.2. The molecule has 2 unspecified atom stereocenters. The zero-order valence-corrected chi connectivity index (χ0v) is 19.0. The Labute approximate surface area is 176 Å². The van der Waals surface area contributed by atoms with E-state index in [0.717, 1.165) is 5.57 Å². The van der Waals surface area contributed by atoms with Crippen LogP contribution in [-0.2, 0) is 13.8 Å². The van der Waals surface area contributed by atoms with Crippen LogP contribution in [0.15, 0.2) is 11.8 Å². The molecule has 2 aliphatic heterocycles. The van der Waals surface area contributed by atoms with Gasteiger partial charge in [0.1, 0.15) is 6.17 Å². The Morgan fingerprint density at radius 1 is 1.34 bits per heavy atom. The summed E-state index contributed by atoms with van der Waals surface area (Å²) in [6, 6.07) is -0.00523. The van der Waals surface area contributed by atoms with Crippen molar-refractivity contribution < 1.29 is 18.6 Å². The van der Waals surface area contributed by atoms with E-state index in [2.05, 4.69) is 24.1 Å². The highest BCUT2D eigenvalue weighted by Gasteiger charge is 2.38. The molecule has 0 saturated carbocycles. The first kappa shape index (κ1) is 26.1. The van der Waals surface area contributed by atoms with E-state index < -0.39 is 19.9 Å². The first-order valence-corrected chi connectivity index (χ1v) is 11.4. The molecule has 0 aliphatic carbocycles. The van der Waals surface area contributed by atoms with Crippen LogP contribution in [0, 0.1) is 0 Å². The molecule has 1 saturated heterocycles. The van der Waals surface area contributed by atoms with E-state index in [0.29, 0.717) is 13.1 Å². The Kier molecular flexibility index (Phi) is 9.33. The van der Waals surface area contributed by atoms with Crippen LogP contribution in [0.1, 0.15) is 42.0 Å². The molecule has 170 valence electrons. The number of carbonyl (C=O) groups excluding carboxylic acids is 1. The van der Waals surface area contributed by atoms with Crippen LogP contribution in [0.2, 0.25) is 0 Å². The van der Waals surface area contributed by atoms with Gasteiger partial charge in [0.2, 0.25) is 0 Å². The Bertz CT molecular complexity index is 628. The number of hydrogen-bond donors (Lipinski definition) is 2. The normalized spacial score (nSPS) is 28.2. The van der Waals surface area contributed by atoms with Crippen molar-refractivity contribution in [2.75, 3.05) is 33.8 Å². The Morgan fingerprint density at radius 3 is 2.48 bits per heavy atom. The number of morpholine rings is 1. The minimum Gasteiger partial charge on any atom is -0.350 e. The fraction of sp³-hybridized carbons (Fsp3) is 0.842. The Balaban J connectivity index is 0.00000420. The van der Waals surface area contributed by atoms with Crippen LogP contribution in [-0.4, -0.2) is 84.5 Å². The summed E-state index contributed by atoms with van der Waals surface area (Å²) >= 11 is 0. The van der Waals surface area contributed by atoms with Gasteiger partial charge in [0.15, 0.2) is 6.23 Å². The summed E-state index contributed by atoms with van der Waals surface area (Å²) in [5.74, 6) is 0. The number of nitrogens with zero attached hydrogens (tertiary/aromatic N) is 3. The number of amides is 2. The molecule has 0 aromatic heterocycles. The highest BCUT2D eigenvalue weighted by molar-refractivity contribution is 7.57. The molecule has 2 rings (SSSR count). The second-order valence-electron chi connectivity index (χ2n) is 8.27. The minimum absolute atomic E-state index is 0. The first-order valence-electron chi connectivity index (χ1n) is 9.80. The lowest BCUT2D eigenvalue weighted by Gasteiger charge is -2.44. The van der Waals surface area contributed by atoms with Crippen LogP contribution >= 0.6 is 7.52 Å². The quantitative estimate of drug-likeness (QED) is 0.595. The Hall–Kier alpha value is -0.960. The summed E-state index contributed by atoms with van der Waals surface area (Å²) in [6.07, 6.45) is 0.495. The van der Waals surface area contributed by atoms with Crippen molar-refractivity contribution in [3.8, 4) is 0 Å². The summed E-state index contributed by atoms with van der Waals surface area (Å²) in [7, 11) is 0.587. The smallest absolute Gasteiger partial charge is 0.325 e. The largest absolute Gasteiger partial charge is 0.350 e. The molecule has 1 fully saturated rings. The lowest BCUT2D eigenvalue weighted by atomic mass is 10.2. The third kappa shape index (κ3) is 6.03. The molecule has 0 aromatic rings. The third-order valence-electron chi connectivity index (χ3n) is 5.22. The number of nitrogens with one attached hydrogen (secondary N) is 1. The predicted molar refractivity (Wildman–Crippen MR) is 117 cm³/mol. The molecule has 0 spiro atoms. The average molecular weight is 434 g/mol. The molecule has 2 amide bonds. The summed E-state index contributed by atoms with van der Waals surface area (Å²) < 4.78 is 26.9. The van der Waals surface area contributed by atoms with Gasteiger partial charge in [-0.2, -0.15) is 0 Å². The fourth-order valence-corrected chi connectivity index (χ4v) is 5.15. The number of carbonyl (C=O) groups is 1. The van der Waals surface area contributed by atoms with Gasteiger partial charge in [-0.25, -0.2) is 9.46 Å². The lowest BCUT2D eigenvalue weighted by molar-refractivity contribution is -0.144. The van der Waals surface area contributed by atoms with Crippen LogP contribution in [0.4, 0.5) is 4.79 Å². The van der Waals surface area contributed by atoms with Gasteiger partial charge >= 0.3 is 6.03 Å².